The highest BCUT2D eigenvalue weighted by molar-refractivity contribution is 5.97. The van der Waals surface area contributed by atoms with Crippen molar-refractivity contribution in [3.63, 3.8) is 0 Å². The van der Waals surface area contributed by atoms with E-state index in [-0.39, 0.29) is 23.3 Å². The highest BCUT2D eigenvalue weighted by Gasteiger charge is 2.16. The molecule has 4 heteroatoms. The van der Waals surface area contributed by atoms with Gasteiger partial charge in [-0.15, -0.1) is 0 Å². The molecule has 2 N–H and O–H groups in total. The monoisotopic (exact) mass is 247 g/mol. The lowest BCUT2D eigenvalue weighted by atomic mass is 10.0. The van der Waals surface area contributed by atoms with Gasteiger partial charge in [-0.1, -0.05) is 12.2 Å². The van der Waals surface area contributed by atoms with Gasteiger partial charge in [0.2, 0.25) is 0 Å². The second-order valence-corrected chi connectivity index (χ2v) is 4.32. The van der Waals surface area contributed by atoms with Crippen LogP contribution in [0.25, 0.3) is 0 Å². The van der Waals surface area contributed by atoms with Gasteiger partial charge in [-0.25, -0.2) is 0 Å². The predicted octanol–water partition coefficient (Wildman–Crippen LogP) is 2.24. The Labute approximate surface area is 106 Å². The van der Waals surface area contributed by atoms with E-state index < -0.39 is 0 Å². The molecular formula is C14H17NO3. The number of amides is 1. The largest absolute Gasteiger partial charge is 0.507 e. The summed E-state index contributed by atoms with van der Waals surface area (Å²) >= 11 is 0. The molecule has 2 rings (SSSR count). The third-order valence-electron chi connectivity index (χ3n) is 3.02. The Morgan fingerprint density at radius 1 is 1.50 bits per heavy atom. The van der Waals surface area contributed by atoms with Gasteiger partial charge in [0.25, 0.3) is 5.91 Å². The van der Waals surface area contributed by atoms with Gasteiger partial charge in [0, 0.05) is 6.04 Å². The molecule has 0 fully saturated rings. The van der Waals surface area contributed by atoms with Crippen LogP contribution < -0.4 is 10.1 Å². The molecule has 0 bridgehead atoms. The summed E-state index contributed by atoms with van der Waals surface area (Å²) in [5.74, 6) is 0.244. The molecule has 1 unspecified atom stereocenters. The molecule has 1 aromatic carbocycles. The molecule has 0 saturated carbocycles. The van der Waals surface area contributed by atoms with Crippen molar-refractivity contribution in [2.75, 3.05) is 7.11 Å². The van der Waals surface area contributed by atoms with Crippen molar-refractivity contribution in [1.29, 1.82) is 0 Å². The van der Waals surface area contributed by atoms with Crippen molar-refractivity contribution in [2.24, 2.45) is 0 Å². The fourth-order valence-corrected chi connectivity index (χ4v) is 2.00. The third kappa shape index (κ3) is 2.83. The van der Waals surface area contributed by atoms with E-state index >= 15 is 0 Å². The summed E-state index contributed by atoms with van der Waals surface area (Å²) < 4.78 is 5.04. The Morgan fingerprint density at radius 2 is 2.33 bits per heavy atom. The van der Waals surface area contributed by atoms with Crippen molar-refractivity contribution < 1.29 is 14.6 Å². The van der Waals surface area contributed by atoms with Crippen LogP contribution in [0.2, 0.25) is 0 Å². The number of ether oxygens (including phenoxy) is 1. The van der Waals surface area contributed by atoms with Gasteiger partial charge >= 0.3 is 0 Å². The number of methoxy groups -OCH3 is 1. The molecule has 1 amide bonds. The van der Waals surface area contributed by atoms with Crippen molar-refractivity contribution in [2.45, 2.75) is 25.3 Å². The molecule has 4 nitrogen and oxygen atoms in total. The van der Waals surface area contributed by atoms with Gasteiger partial charge in [-0.2, -0.15) is 0 Å². The molecule has 0 saturated heterocycles. The molecule has 0 heterocycles. The molecule has 1 aliphatic carbocycles. The van der Waals surface area contributed by atoms with Crippen LogP contribution in [0.1, 0.15) is 29.6 Å². The third-order valence-corrected chi connectivity index (χ3v) is 3.02. The molecule has 1 aliphatic rings. The summed E-state index contributed by atoms with van der Waals surface area (Å²) in [5, 5.41) is 12.6. The first-order valence-corrected chi connectivity index (χ1v) is 6.05. The first kappa shape index (κ1) is 12.5. The van der Waals surface area contributed by atoms with E-state index in [0.29, 0.717) is 5.75 Å². The summed E-state index contributed by atoms with van der Waals surface area (Å²) in [6.45, 7) is 0. The molecular weight excluding hydrogens is 230 g/mol. The number of phenols is 1. The zero-order valence-corrected chi connectivity index (χ0v) is 10.3. The van der Waals surface area contributed by atoms with Gasteiger partial charge in [0.1, 0.15) is 11.5 Å². The van der Waals surface area contributed by atoms with Crippen LogP contribution in [0.3, 0.4) is 0 Å². The van der Waals surface area contributed by atoms with Gasteiger partial charge < -0.3 is 15.2 Å². The fourth-order valence-electron chi connectivity index (χ4n) is 2.00. The van der Waals surface area contributed by atoms with E-state index in [9.17, 15) is 9.90 Å². The predicted molar refractivity (Wildman–Crippen MR) is 68.9 cm³/mol. The van der Waals surface area contributed by atoms with Gasteiger partial charge in [0.15, 0.2) is 0 Å². The molecule has 18 heavy (non-hydrogen) atoms. The maximum Gasteiger partial charge on any atom is 0.255 e. The Balaban J connectivity index is 2.12. The first-order valence-electron chi connectivity index (χ1n) is 6.05. The van der Waals surface area contributed by atoms with E-state index in [1.807, 2.05) is 6.08 Å². The minimum atomic E-state index is -0.275. The minimum absolute atomic E-state index is 0.0342. The number of benzene rings is 1. The number of aromatic hydroxyl groups is 1. The number of carbonyl (C=O) groups excluding carboxylic acids is 1. The van der Waals surface area contributed by atoms with E-state index in [0.717, 1.165) is 19.3 Å². The molecule has 0 radical (unpaired) electrons. The number of rotatable bonds is 3. The van der Waals surface area contributed by atoms with Crippen LogP contribution in [0.4, 0.5) is 0 Å². The minimum Gasteiger partial charge on any atom is -0.507 e. The average molecular weight is 247 g/mol. The Morgan fingerprint density at radius 3 is 3.00 bits per heavy atom. The SMILES string of the molecule is COc1ccc(O)c(C(=O)NC2C=CCCC2)c1. The molecule has 1 atom stereocenters. The zero-order valence-electron chi connectivity index (χ0n) is 10.3. The van der Waals surface area contributed by atoms with Gasteiger partial charge in [-0.3, -0.25) is 4.79 Å². The number of hydrogen-bond acceptors (Lipinski definition) is 3. The number of carbonyl (C=O) groups is 1. The molecule has 96 valence electrons. The first-order chi connectivity index (χ1) is 8.70. The Bertz CT molecular complexity index is 468. The smallest absolute Gasteiger partial charge is 0.255 e. The van der Waals surface area contributed by atoms with E-state index in [4.69, 9.17) is 4.74 Å². The number of hydrogen-bond donors (Lipinski definition) is 2. The fraction of sp³-hybridized carbons (Fsp3) is 0.357. The van der Waals surface area contributed by atoms with Crippen LogP contribution >= 0.6 is 0 Å². The zero-order chi connectivity index (χ0) is 13.0. The summed E-state index contributed by atoms with van der Waals surface area (Å²) in [7, 11) is 1.53. The Kier molecular flexibility index (Phi) is 3.87. The van der Waals surface area contributed by atoms with Crippen LogP contribution in [-0.4, -0.2) is 24.2 Å². The van der Waals surface area contributed by atoms with Crippen LogP contribution in [0, 0.1) is 0 Å². The highest BCUT2D eigenvalue weighted by atomic mass is 16.5. The molecule has 0 aromatic heterocycles. The van der Waals surface area contributed by atoms with Crippen LogP contribution in [0.5, 0.6) is 11.5 Å². The molecule has 0 spiro atoms. The highest BCUT2D eigenvalue weighted by Crippen LogP contribution is 2.23. The summed E-state index contributed by atoms with van der Waals surface area (Å²) in [4.78, 5) is 12.0. The van der Waals surface area contributed by atoms with Crippen molar-refractivity contribution in [3.8, 4) is 11.5 Å². The van der Waals surface area contributed by atoms with Crippen LogP contribution in [-0.2, 0) is 0 Å². The van der Waals surface area contributed by atoms with E-state index in [1.165, 1.54) is 19.2 Å². The maximum absolute atomic E-state index is 12.0. The van der Waals surface area contributed by atoms with Crippen molar-refractivity contribution in [1.82, 2.24) is 5.32 Å². The molecule has 0 aliphatic heterocycles. The summed E-state index contributed by atoms with van der Waals surface area (Å²) in [5.41, 5.74) is 0.244. The second-order valence-electron chi connectivity index (χ2n) is 4.32. The van der Waals surface area contributed by atoms with E-state index in [1.54, 1.807) is 6.07 Å². The van der Waals surface area contributed by atoms with Crippen molar-refractivity contribution >= 4 is 5.91 Å². The lowest BCUT2D eigenvalue weighted by molar-refractivity contribution is 0.0939. The average Bonchev–Trinajstić information content (AvgIpc) is 2.40. The second kappa shape index (κ2) is 5.58. The quantitative estimate of drug-likeness (QED) is 0.805. The van der Waals surface area contributed by atoms with E-state index in [2.05, 4.69) is 11.4 Å². The van der Waals surface area contributed by atoms with Gasteiger partial charge in [0.05, 0.1) is 12.7 Å². The summed E-state index contributed by atoms with van der Waals surface area (Å²) in [6, 6.07) is 4.67. The topological polar surface area (TPSA) is 58.6 Å². The maximum atomic E-state index is 12.0. The number of phenolic OH excluding ortho intramolecular Hbond substituents is 1. The number of nitrogens with one attached hydrogen (secondary N) is 1. The van der Waals surface area contributed by atoms with Crippen LogP contribution in [0.15, 0.2) is 30.4 Å². The molecule has 1 aromatic rings. The summed E-state index contributed by atoms with van der Waals surface area (Å²) in [6.07, 6.45) is 7.15. The lowest BCUT2D eigenvalue weighted by Gasteiger charge is -2.18. The lowest BCUT2D eigenvalue weighted by Crippen LogP contribution is -2.34. The normalized spacial score (nSPS) is 18.4. The standard InChI is InChI=1S/C14H17NO3/c1-18-11-7-8-13(16)12(9-11)14(17)15-10-5-3-2-4-6-10/h3,5,7-10,16H,2,4,6H2,1H3,(H,15,17). The Hall–Kier alpha value is -1.97. The van der Waals surface area contributed by atoms with Crippen molar-refractivity contribution in [3.05, 3.63) is 35.9 Å². The number of allylic oxidation sites excluding steroid dienone is 1. The van der Waals surface area contributed by atoms with Gasteiger partial charge in [-0.05, 0) is 37.5 Å².